The van der Waals surface area contributed by atoms with Gasteiger partial charge in [-0.1, -0.05) is 18.2 Å². The Morgan fingerprint density at radius 2 is 2.12 bits per heavy atom. The van der Waals surface area contributed by atoms with Crippen LogP contribution in [0, 0.1) is 0 Å². The normalized spacial score (nSPS) is 23.4. The van der Waals surface area contributed by atoms with Crippen LogP contribution < -0.4 is 5.32 Å². The van der Waals surface area contributed by atoms with E-state index < -0.39 is 0 Å². The van der Waals surface area contributed by atoms with Crippen molar-refractivity contribution in [2.24, 2.45) is 0 Å². The Bertz CT molecular complexity index is 524. The Hall–Kier alpha value is -1.39. The molecule has 17 heavy (non-hydrogen) atoms. The molecule has 1 aromatic carbocycles. The summed E-state index contributed by atoms with van der Waals surface area (Å²) >= 11 is 1.51. The van der Waals surface area contributed by atoms with E-state index >= 15 is 0 Å². The Balaban J connectivity index is 1.76. The molecule has 1 heterocycles. The van der Waals surface area contributed by atoms with E-state index in [2.05, 4.69) is 5.32 Å². The summed E-state index contributed by atoms with van der Waals surface area (Å²) in [7, 11) is 0. The van der Waals surface area contributed by atoms with Gasteiger partial charge in [0.2, 0.25) is 0 Å². The van der Waals surface area contributed by atoms with Gasteiger partial charge in [-0.15, -0.1) is 11.3 Å². The highest BCUT2D eigenvalue weighted by Crippen LogP contribution is 2.26. The second-order valence-corrected chi connectivity index (χ2v) is 5.53. The molecule has 0 atom stereocenters. The molecule has 4 heteroatoms. The van der Waals surface area contributed by atoms with E-state index in [1.807, 2.05) is 30.3 Å². The third kappa shape index (κ3) is 2.06. The van der Waals surface area contributed by atoms with Gasteiger partial charge in [0.05, 0.1) is 11.0 Å². The number of amides is 1. The summed E-state index contributed by atoms with van der Waals surface area (Å²) < 4.78 is 1.13. The average molecular weight is 247 g/mol. The van der Waals surface area contributed by atoms with Crippen LogP contribution in [0.1, 0.15) is 22.5 Å². The van der Waals surface area contributed by atoms with Crippen molar-refractivity contribution in [3.8, 4) is 0 Å². The van der Waals surface area contributed by atoms with Crippen molar-refractivity contribution >= 4 is 27.3 Å². The zero-order chi connectivity index (χ0) is 11.8. The summed E-state index contributed by atoms with van der Waals surface area (Å²) in [5, 5.41) is 13.2. The van der Waals surface area contributed by atoms with Crippen molar-refractivity contribution in [3.05, 3.63) is 35.2 Å². The third-order valence-corrected chi connectivity index (χ3v) is 4.21. The zero-order valence-electron chi connectivity index (χ0n) is 9.22. The maximum Gasteiger partial charge on any atom is 0.261 e. The lowest BCUT2D eigenvalue weighted by Gasteiger charge is -2.31. The topological polar surface area (TPSA) is 49.3 Å². The minimum absolute atomic E-state index is 0.0249. The molecule has 1 fully saturated rings. The maximum atomic E-state index is 11.9. The first-order valence-corrected chi connectivity index (χ1v) is 6.51. The van der Waals surface area contributed by atoms with Gasteiger partial charge in [0.1, 0.15) is 0 Å². The Morgan fingerprint density at radius 3 is 2.82 bits per heavy atom. The summed E-state index contributed by atoms with van der Waals surface area (Å²) in [4.78, 5) is 12.7. The predicted octanol–water partition coefficient (Wildman–Crippen LogP) is 2.15. The number of carbonyl (C=O) groups is 1. The minimum Gasteiger partial charge on any atom is -0.393 e. The molecule has 88 valence electrons. The van der Waals surface area contributed by atoms with Crippen molar-refractivity contribution in [2.75, 3.05) is 0 Å². The van der Waals surface area contributed by atoms with Gasteiger partial charge in [0.15, 0.2) is 0 Å². The molecule has 0 bridgehead atoms. The molecule has 0 radical (unpaired) electrons. The lowest BCUT2D eigenvalue weighted by atomic mass is 9.89. The van der Waals surface area contributed by atoms with E-state index in [-0.39, 0.29) is 18.1 Å². The molecule has 1 saturated carbocycles. The van der Waals surface area contributed by atoms with Crippen LogP contribution in [0.5, 0.6) is 0 Å². The summed E-state index contributed by atoms with van der Waals surface area (Å²) in [6, 6.07) is 10.0. The smallest absolute Gasteiger partial charge is 0.261 e. The highest BCUT2D eigenvalue weighted by atomic mass is 32.1. The number of hydrogen-bond donors (Lipinski definition) is 2. The standard InChI is InChI=1S/C13H13NO2S/c15-10-6-9(7-10)14-13(16)12-5-8-3-1-2-4-11(8)17-12/h1-5,9-10,15H,6-7H2,(H,14,16). The molecule has 1 aliphatic carbocycles. The van der Waals surface area contributed by atoms with Crippen molar-refractivity contribution < 1.29 is 9.90 Å². The monoisotopic (exact) mass is 247 g/mol. The second-order valence-electron chi connectivity index (χ2n) is 4.44. The first-order valence-electron chi connectivity index (χ1n) is 5.70. The predicted molar refractivity (Wildman–Crippen MR) is 68.3 cm³/mol. The van der Waals surface area contributed by atoms with Gasteiger partial charge in [-0.05, 0) is 30.4 Å². The number of benzene rings is 1. The molecule has 2 N–H and O–H groups in total. The van der Waals surface area contributed by atoms with Crippen LogP contribution >= 0.6 is 11.3 Å². The van der Waals surface area contributed by atoms with E-state index in [9.17, 15) is 4.79 Å². The molecule has 1 amide bonds. The fraction of sp³-hybridized carbons (Fsp3) is 0.308. The zero-order valence-corrected chi connectivity index (χ0v) is 10.0. The summed E-state index contributed by atoms with van der Waals surface area (Å²) in [5.41, 5.74) is 0. The molecule has 1 aromatic heterocycles. The number of carbonyl (C=O) groups excluding carboxylic acids is 1. The van der Waals surface area contributed by atoms with Crippen LogP contribution in [0.2, 0.25) is 0 Å². The van der Waals surface area contributed by atoms with Crippen molar-refractivity contribution in [3.63, 3.8) is 0 Å². The highest BCUT2D eigenvalue weighted by Gasteiger charge is 2.28. The highest BCUT2D eigenvalue weighted by molar-refractivity contribution is 7.20. The Morgan fingerprint density at radius 1 is 1.35 bits per heavy atom. The average Bonchev–Trinajstić information content (AvgIpc) is 2.70. The van der Waals surface area contributed by atoms with Crippen LogP contribution in [-0.4, -0.2) is 23.2 Å². The summed E-state index contributed by atoms with van der Waals surface area (Å²) in [6.07, 6.45) is 1.12. The first kappa shape index (κ1) is 10.7. The molecule has 0 spiro atoms. The molecular formula is C13H13NO2S. The SMILES string of the molecule is O=C(NC1CC(O)C1)c1cc2ccccc2s1. The molecule has 3 rings (SSSR count). The van der Waals surface area contributed by atoms with Crippen molar-refractivity contribution in [1.29, 1.82) is 0 Å². The number of hydrogen-bond acceptors (Lipinski definition) is 3. The van der Waals surface area contributed by atoms with Gasteiger partial charge >= 0.3 is 0 Å². The summed E-state index contributed by atoms with van der Waals surface area (Å²) in [5.74, 6) is -0.0249. The molecular weight excluding hydrogens is 234 g/mol. The summed E-state index contributed by atoms with van der Waals surface area (Å²) in [6.45, 7) is 0. The fourth-order valence-electron chi connectivity index (χ4n) is 2.06. The number of rotatable bonds is 2. The molecule has 0 aliphatic heterocycles. The minimum atomic E-state index is -0.234. The molecule has 3 nitrogen and oxygen atoms in total. The van der Waals surface area contributed by atoms with Crippen LogP contribution in [0.25, 0.3) is 10.1 Å². The number of nitrogens with one attached hydrogen (secondary N) is 1. The van der Waals surface area contributed by atoms with Crippen LogP contribution in [0.3, 0.4) is 0 Å². The Kier molecular flexibility index (Phi) is 2.61. The largest absolute Gasteiger partial charge is 0.393 e. The van der Waals surface area contributed by atoms with Crippen molar-refractivity contribution in [1.82, 2.24) is 5.32 Å². The Labute approximate surface area is 103 Å². The maximum absolute atomic E-state index is 11.9. The van der Waals surface area contributed by atoms with Gasteiger partial charge in [0.25, 0.3) is 5.91 Å². The quantitative estimate of drug-likeness (QED) is 0.854. The number of aliphatic hydroxyl groups is 1. The van der Waals surface area contributed by atoms with Gasteiger partial charge < -0.3 is 10.4 Å². The van der Waals surface area contributed by atoms with Crippen LogP contribution in [0.4, 0.5) is 0 Å². The fourth-order valence-corrected chi connectivity index (χ4v) is 3.02. The van der Waals surface area contributed by atoms with Gasteiger partial charge in [-0.25, -0.2) is 0 Å². The lowest BCUT2D eigenvalue weighted by molar-refractivity contribution is 0.0564. The lowest BCUT2D eigenvalue weighted by Crippen LogP contribution is -2.46. The van der Waals surface area contributed by atoms with Gasteiger partial charge in [-0.3, -0.25) is 4.79 Å². The number of thiophene rings is 1. The molecule has 0 unspecified atom stereocenters. The van der Waals surface area contributed by atoms with E-state index in [1.54, 1.807) is 0 Å². The molecule has 2 aromatic rings. The van der Waals surface area contributed by atoms with E-state index in [1.165, 1.54) is 11.3 Å². The molecule has 1 aliphatic rings. The molecule has 0 saturated heterocycles. The first-order chi connectivity index (χ1) is 8.22. The second kappa shape index (κ2) is 4.13. The van der Waals surface area contributed by atoms with Gasteiger partial charge in [-0.2, -0.15) is 0 Å². The third-order valence-electron chi connectivity index (χ3n) is 3.10. The van der Waals surface area contributed by atoms with Gasteiger partial charge in [0, 0.05) is 10.7 Å². The van der Waals surface area contributed by atoms with E-state index in [0.29, 0.717) is 12.8 Å². The van der Waals surface area contributed by atoms with Crippen LogP contribution in [0.15, 0.2) is 30.3 Å². The van der Waals surface area contributed by atoms with E-state index in [4.69, 9.17) is 5.11 Å². The number of fused-ring (bicyclic) bond motifs is 1. The van der Waals surface area contributed by atoms with E-state index in [0.717, 1.165) is 15.0 Å². The number of aliphatic hydroxyl groups excluding tert-OH is 1. The van der Waals surface area contributed by atoms with Crippen molar-refractivity contribution in [2.45, 2.75) is 25.0 Å². The van der Waals surface area contributed by atoms with Crippen LogP contribution in [-0.2, 0) is 0 Å².